The van der Waals surface area contributed by atoms with Gasteiger partial charge in [-0.05, 0) is 45.4 Å². The molecule has 0 saturated carbocycles. The molecule has 4 rings (SSSR count). The summed E-state index contributed by atoms with van der Waals surface area (Å²) in [4.78, 5) is 25.9. The van der Waals surface area contributed by atoms with E-state index in [1.165, 1.54) is 4.68 Å². The summed E-state index contributed by atoms with van der Waals surface area (Å²) >= 11 is 0. The van der Waals surface area contributed by atoms with E-state index in [2.05, 4.69) is 21.6 Å². The number of amides is 1. The van der Waals surface area contributed by atoms with Gasteiger partial charge in [-0.1, -0.05) is 35.9 Å². The van der Waals surface area contributed by atoms with Crippen LogP contribution in [0.3, 0.4) is 0 Å². The number of hydrogen-bond acceptors (Lipinski definition) is 4. The molecule has 0 unspecified atom stereocenters. The van der Waals surface area contributed by atoms with Gasteiger partial charge in [0.25, 0.3) is 5.56 Å². The van der Waals surface area contributed by atoms with Crippen molar-refractivity contribution in [2.24, 2.45) is 7.05 Å². The highest BCUT2D eigenvalue weighted by Gasteiger charge is 2.17. The van der Waals surface area contributed by atoms with Crippen molar-refractivity contribution in [3.8, 4) is 11.3 Å². The third-order valence-electron chi connectivity index (χ3n) is 5.58. The van der Waals surface area contributed by atoms with Gasteiger partial charge in [0.05, 0.1) is 28.2 Å². The number of fused-ring (bicyclic) bond motifs is 1. The molecule has 0 saturated heterocycles. The molecule has 1 amide bonds. The largest absolute Gasteiger partial charge is 0.321 e. The van der Waals surface area contributed by atoms with E-state index in [4.69, 9.17) is 0 Å². The molecule has 2 heterocycles. The van der Waals surface area contributed by atoms with Crippen molar-refractivity contribution in [2.45, 2.75) is 34.2 Å². The third kappa shape index (κ3) is 3.74. The van der Waals surface area contributed by atoms with Crippen molar-refractivity contribution >= 4 is 22.4 Å². The highest BCUT2D eigenvalue weighted by molar-refractivity contribution is 5.95. The van der Waals surface area contributed by atoms with Gasteiger partial charge in [0.1, 0.15) is 6.54 Å². The molecule has 158 valence electrons. The van der Waals surface area contributed by atoms with Crippen LogP contribution >= 0.6 is 0 Å². The predicted molar refractivity (Wildman–Crippen MR) is 122 cm³/mol. The Morgan fingerprint density at radius 3 is 2.39 bits per heavy atom. The Labute approximate surface area is 180 Å². The maximum atomic E-state index is 13.1. The van der Waals surface area contributed by atoms with Crippen LogP contribution in [0.4, 0.5) is 5.69 Å². The summed E-state index contributed by atoms with van der Waals surface area (Å²) < 4.78 is 2.96. The van der Waals surface area contributed by atoms with Crippen LogP contribution in [0.1, 0.15) is 22.5 Å². The summed E-state index contributed by atoms with van der Waals surface area (Å²) in [7, 11) is 1.82. The molecular formula is C24H25N5O2. The Kier molecular flexibility index (Phi) is 5.19. The van der Waals surface area contributed by atoms with Gasteiger partial charge in [0.2, 0.25) is 5.91 Å². The average molecular weight is 415 g/mol. The fourth-order valence-electron chi connectivity index (χ4n) is 3.80. The van der Waals surface area contributed by atoms with E-state index < -0.39 is 0 Å². The second-order valence-electron chi connectivity index (χ2n) is 7.89. The maximum absolute atomic E-state index is 13.1. The number of anilines is 1. The molecule has 2 aromatic carbocycles. The predicted octanol–water partition coefficient (Wildman–Crippen LogP) is 3.67. The van der Waals surface area contributed by atoms with E-state index >= 15 is 0 Å². The summed E-state index contributed by atoms with van der Waals surface area (Å²) in [5, 5.41) is 13.1. The Bertz CT molecular complexity index is 1380. The van der Waals surface area contributed by atoms with Crippen LogP contribution < -0.4 is 10.9 Å². The lowest BCUT2D eigenvalue weighted by Gasteiger charge is -2.13. The highest BCUT2D eigenvalue weighted by Crippen LogP contribution is 2.28. The monoisotopic (exact) mass is 415 g/mol. The van der Waals surface area contributed by atoms with Crippen molar-refractivity contribution in [3.63, 3.8) is 0 Å². The highest BCUT2D eigenvalue weighted by atomic mass is 16.2. The number of hydrogen-bond donors (Lipinski definition) is 1. The molecule has 7 heteroatoms. The zero-order valence-electron chi connectivity index (χ0n) is 18.4. The van der Waals surface area contributed by atoms with Crippen molar-refractivity contribution in [2.75, 3.05) is 5.32 Å². The van der Waals surface area contributed by atoms with Gasteiger partial charge >= 0.3 is 0 Å². The van der Waals surface area contributed by atoms with Crippen molar-refractivity contribution in [3.05, 3.63) is 75.3 Å². The smallest absolute Gasteiger partial charge is 0.275 e. The Morgan fingerprint density at radius 1 is 1.00 bits per heavy atom. The third-order valence-corrected chi connectivity index (χ3v) is 5.58. The first-order valence-electron chi connectivity index (χ1n) is 10.1. The maximum Gasteiger partial charge on any atom is 0.275 e. The van der Waals surface area contributed by atoms with Gasteiger partial charge in [-0.2, -0.15) is 10.2 Å². The van der Waals surface area contributed by atoms with Gasteiger partial charge in [0, 0.05) is 18.0 Å². The van der Waals surface area contributed by atoms with Gasteiger partial charge in [-0.25, -0.2) is 4.68 Å². The second kappa shape index (κ2) is 7.83. The van der Waals surface area contributed by atoms with E-state index in [0.29, 0.717) is 16.8 Å². The fraction of sp³-hybridized carbons (Fsp3) is 0.250. The Hall–Kier alpha value is -3.74. The molecule has 0 bridgehead atoms. The first-order chi connectivity index (χ1) is 14.8. The topological polar surface area (TPSA) is 81.8 Å². The Balaban J connectivity index is 1.80. The molecule has 0 radical (unpaired) electrons. The van der Waals surface area contributed by atoms with Crippen LogP contribution in [-0.2, 0) is 18.4 Å². The molecule has 2 aromatic heterocycles. The lowest BCUT2D eigenvalue weighted by atomic mass is 9.99. The SMILES string of the molecule is Cc1ccc(C)c(-c2nn(CC(=O)Nc3c(C)nn(C)c3C)c(=O)c3ccccc23)c1. The first kappa shape index (κ1) is 20.5. The molecular weight excluding hydrogens is 390 g/mol. The molecule has 7 nitrogen and oxygen atoms in total. The van der Waals surface area contributed by atoms with Crippen LogP contribution in [0.25, 0.3) is 22.0 Å². The Morgan fingerprint density at radius 2 is 1.71 bits per heavy atom. The van der Waals surface area contributed by atoms with E-state index in [-0.39, 0.29) is 18.0 Å². The van der Waals surface area contributed by atoms with E-state index in [1.54, 1.807) is 10.7 Å². The average Bonchev–Trinajstić information content (AvgIpc) is 2.98. The van der Waals surface area contributed by atoms with Crippen LogP contribution in [0.5, 0.6) is 0 Å². The molecule has 31 heavy (non-hydrogen) atoms. The number of aryl methyl sites for hydroxylation is 4. The van der Waals surface area contributed by atoms with Gasteiger partial charge < -0.3 is 5.32 Å². The summed E-state index contributed by atoms with van der Waals surface area (Å²) in [5.41, 5.74) is 5.74. The fourth-order valence-corrected chi connectivity index (χ4v) is 3.80. The van der Waals surface area contributed by atoms with Crippen LogP contribution in [0, 0.1) is 27.7 Å². The van der Waals surface area contributed by atoms with E-state index in [9.17, 15) is 9.59 Å². The lowest BCUT2D eigenvalue weighted by molar-refractivity contribution is -0.117. The molecule has 0 aliphatic heterocycles. The number of carbonyl (C=O) groups is 1. The van der Waals surface area contributed by atoms with Crippen LogP contribution in [0.2, 0.25) is 0 Å². The normalized spacial score (nSPS) is 11.1. The minimum Gasteiger partial charge on any atom is -0.321 e. The number of rotatable bonds is 4. The molecule has 0 aliphatic carbocycles. The van der Waals surface area contributed by atoms with Gasteiger partial charge in [0.15, 0.2) is 0 Å². The van der Waals surface area contributed by atoms with Crippen molar-refractivity contribution < 1.29 is 4.79 Å². The molecule has 0 aliphatic rings. The standard InChI is InChI=1S/C24H25N5O2/c1-14-10-11-15(2)20(12-14)23-18-8-6-7-9-19(18)24(31)29(27-23)13-21(30)25-22-16(3)26-28(5)17(22)4/h6-12H,13H2,1-5H3,(H,25,30). The summed E-state index contributed by atoms with van der Waals surface area (Å²) in [6, 6.07) is 13.5. The number of nitrogens with zero attached hydrogens (tertiary/aromatic N) is 4. The molecule has 0 atom stereocenters. The lowest BCUT2D eigenvalue weighted by Crippen LogP contribution is -2.30. The number of benzene rings is 2. The summed E-state index contributed by atoms with van der Waals surface area (Å²) in [6.45, 7) is 7.57. The summed E-state index contributed by atoms with van der Waals surface area (Å²) in [5.74, 6) is -0.323. The molecule has 0 spiro atoms. The van der Waals surface area contributed by atoms with Crippen molar-refractivity contribution in [1.29, 1.82) is 0 Å². The first-order valence-corrected chi connectivity index (χ1v) is 10.1. The number of nitrogens with one attached hydrogen (secondary N) is 1. The van der Waals surface area contributed by atoms with Gasteiger partial charge in [-0.15, -0.1) is 0 Å². The van der Waals surface area contributed by atoms with Crippen LogP contribution in [0.15, 0.2) is 47.3 Å². The van der Waals surface area contributed by atoms with Crippen molar-refractivity contribution in [1.82, 2.24) is 19.6 Å². The van der Waals surface area contributed by atoms with E-state index in [1.807, 2.05) is 65.1 Å². The molecule has 0 fully saturated rings. The van der Waals surface area contributed by atoms with Gasteiger partial charge in [-0.3, -0.25) is 14.3 Å². The zero-order valence-corrected chi connectivity index (χ0v) is 18.4. The second-order valence-corrected chi connectivity index (χ2v) is 7.89. The number of aromatic nitrogens is 4. The minimum absolute atomic E-state index is 0.185. The quantitative estimate of drug-likeness (QED) is 0.551. The minimum atomic E-state index is -0.323. The van der Waals surface area contributed by atoms with E-state index in [0.717, 1.165) is 33.5 Å². The molecule has 1 N–H and O–H groups in total. The van der Waals surface area contributed by atoms with Crippen LogP contribution in [-0.4, -0.2) is 25.5 Å². The zero-order chi connectivity index (χ0) is 22.3. The molecule has 4 aromatic rings. The number of carbonyl (C=O) groups excluding carboxylic acids is 1. The summed E-state index contributed by atoms with van der Waals surface area (Å²) in [6.07, 6.45) is 0.